The molecule has 0 radical (unpaired) electrons. The quantitative estimate of drug-likeness (QED) is 0.912. The van der Waals surface area contributed by atoms with E-state index in [1.54, 1.807) is 18.2 Å². The fraction of sp³-hybridized carbons (Fsp3) is 0.0909. The molecule has 5 nitrogen and oxygen atoms in total. The van der Waals surface area contributed by atoms with Crippen molar-refractivity contribution in [2.45, 2.75) is 6.61 Å². The van der Waals surface area contributed by atoms with Gasteiger partial charge in [-0.1, -0.05) is 40.9 Å². The van der Waals surface area contributed by atoms with Crippen molar-refractivity contribution in [2.75, 3.05) is 0 Å². The van der Waals surface area contributed by atoms with Crippen LogP contribution < -0.4 is 16.0 Å². The van der Waals surface area contributed by atoms with Crippen LogP contribution in [0.25, 0.3) is 0 Å². The van der Waals surface area contributed by atoms with E-state index in [9.17, 15) is 9.59 Å². The number of hydrogen-bond donors (Lipinski definition) is 2. The standard InChI is InChI=1S/C11H7Cl3N2O3/c12-5-2-1-3-6(13)9(5)19-4-7-8(14)10(17)16-11(18)15-7/h1-3H,4H2,(H2,15,16,17,18). The minimum Gasteiger partial charge on any atom is -0.484 e. The Balaban J connectivity index is 2.29. The Bertz CT molecular complexity index is 704. The number of rotatable bonds is 3. The molecule has 0 aliphatic heterocycles. The molecule has 0 aliphatic rings. The Labute approximate surface area is 122 Å². The van der Waals surface area contributed by atoms with Gasteiger partial charge in [-0.15, -0.1) is 0 Å². The number of para-hydroxylation sites is 1. The maximum atomic E-state index is 11.3. The van der Waals surface area contributed by atoms with Gasteiger partial charge < -0.3 is 9.72 Å². The van der Waals surface area contributed by atoms with Crippen molar-refractivity contribution in [1.82, 2.24) is 9.97 Å². The maximum Gasteiger partial charge on any atom is 0.326 e. The second-order valence-corrected chi connectivity index (χ2v) is 4.73. The van der Waals surface area contributed by atoms with E-state index >= 15 is 0 Å². The lowest BCUT2D eigenvalue weighted by atomic mass is 10.3. The molecule has 2 rings (SSSR count). The first-order valence-electron chi connectivity index (χ1n) is 5.07. The molecule has 1 aromatic heterocycles. The van der Waals surface area contributed by atoms with Gasteiger partial charge in [-0.25, -0.2) is 4.79 Å². The Kier molecular flexibility index (Phi) is 4.19. The molecule has 2 N–H and O–H groups in total. The SMILES string of the molecule is O=c1[nH]c(COc2c(Cl)cccc2Cl)c(Cl)c(=O)[nH]1. The Morgan fingerprint density at radius 3 is 2.32 bits per heavy atom. The predicted molar refractivity (Wildman–Crippen MR) is 73.5 cm³/mol. The van der Waals surface area contributed by atoms with Crippen molar-refractivity contribution >= 4 is 34.8 Å². The van der Waals surface area contributed by atoms with Gasteiger partial charge >= 0.3 is 5.69 Å². The smallest absolute Gasteiger partial charge is 0.326 e. The summed E-state index contributed by atoms with van der Waals surface area (Å²) in [5.41, 5.74) is -1.21. The fourth-order valence-corrected chi connectivity index (χ4v) is 2.04. The van der Waals surface area contributed by atoms with Crippen LogP contribution in [0.1, 0.15) is 5.69 Å². The molecular weight excluding hydrogens is 314 g/mol. The summed E-state index contributed by atoms with van der Waals surface area (Å²) in [6.07, 6.45) is 0. The predicted octanol–water partition coefficient (Wildman–Crippen LogP) is 2.60. The van der Waals surface area contributed by atoms with E-state index in [1.807, 2.05) is 4.98 Å². The number of hydrogen-bond acceptors (Lipinski definition) is 3. The van der Waals surface area contributed by atoms with Gasteiger partial charge in [0.25, 0.3) is 5.56 Å². The van der Waals surface area contributed by atoms with Crippen LogP contribution in [0.3, 0.4) is 0 Å². The largest absolute Gasteiger partial charge is 0.484 e. The summed E-state index contributed by atoms with van der Waals surface area (Å²) < 4.78 is 5.37. The van der Waals surface area contributed by atoms with Crippen LogP contribution in [0.4, 0.5) is 0 Å². The van der Waals surface area contributed by atoms with Crippen LogP contribution in [-0.2, 0) is 6.61 Å². The molecule has 1 heterocycles. The molecule has 1 aromatic carbocycles. The topological polar surface area (TPSA) is 75.0 Å². The first-order valence-corrected chi connectivity index (χ1v) is 6.20. The van der Waals surface area contributed by atoms with Crippen LogP contribution in [0, 0.1) is 0 Å². The van der Waals surface area contributed by atoms with Crippen LogP contribution in [0.15, 0.2) is 27.8 Å². The van der Waals surface area contributed by atoms with Gasteiger partial charge in [0.2, 0.25) is 0 Å². The molecule has 0 unspecified atom stereocenters. The summed E-state index contributed by atoms with van der Waals surface area (Å²) >= 11 is 17.6. The van der Waals surface area contributed by atoms with Gasteiger partial charge in [-0.05, 0) is 12.1 Å². The molecule has 0 bridgehead atoms. The number of aromatic amines is 2. The Morgan fingerprint density at radius 1 is 1.05 bits per heavy atom. The second kappa shape index (κ2) is 5.69. The number of aromatic nitrogens is 2. The monoisotopic (exact) mass is 320 g/mol. The molecule has 0 spiro atoms. The van der Waals surface area contributed by atoms with Crippen molar-refractivity contribution in [1.29, 1.82) is 0 Å². The minimum atomic E-state index is -0.686. The first-order chi connectivity index (χ1) is 8.99. The van der Waals surface area contributed by atoms with E-state index in [0.717, 1.165) is 0 Å². The van der Waals surface area contributed by atoms with Gasteiger partial charge in [0.15, 0.2) is 5.75 Å². The van der Waals surface area contributed by atoms with E-state index in [1.165, 1.54) is 0 Å². The normalized spacial score (nSPS) is 10.5. The number of nitrogens with one attached hydrogen (secondary N) is 2. The molecule has 0 aliphatic carbocycles. The molecule has 2 aromatic rings. The summed E-state index contributed by atoms with van der Waals surface area (Å²) in [6.45, 7) is -0.137. The van der Waals surface area contributed by atoms with Gasteiger partial charge in [0.05, 0.1) is 15.7 Å². The number of benzene rings is 1. The van der Waals surface area contributed by atoms with E-state index in [0.29, 0.717) is 10.0 Å². The maximum absolute atomic E-state index is 11.3. The molecular formula is C11H7Cl3N2O3. The van der Waals surface area contributed by atoms with Crippen molar-refractivity contribution in [3.05, 3.63) is 59.8 Å². The molecule has 0 atom stereocenters. The highest BCUT2D eigenvalue weighted by Gasteiger charge is 2.11. The highest BCUT2D eigenvalue weighted by Crippen LogP contribution is 2.32. The summed E-state index contributed by atoms with van der Waals surface area (Å²) in [4.78, 5) is 26.8. The van der Waals surface area contributed by atoms with Crippen molar-refractivity contribution in [3.8, 4) is 5.75 Å². The van der Waals surface area contributed by atoms with Crippen molar-refractivity contribution < 1.29 is 4.74 Å². The summed E-state index contributed by atoms with van der Waals surface area (Å²) in [5, 5.41) is 0.481. The van der Waals surface area contributed by atoms with Gasteiger partial charge in [-0.3, -0.25) is 9.78 Å². The number of halogens is 3. The zero-order valence-electron chi connectivity index (χ0n) is 9.30. The molecule has 100 valence electrons. The summed E-state index contributed by atoms with van der Waals surface area (Å²) in [6, 6.07) is 4.87. The van der Waals surface area contributed by atoms with E-state index in [-0.39, 0.29) is 23.1 Å². The molecule has 0 fully saturated rings. The lowest BCUT2D eigenvalue weighted by Crippen LogP contribution is -2.25. The third kappa shape index (κ3) is 3.12. The van der Waals surface area contributed by atoms with Crippen LogP contribution >= 0.6 is 34.8 Å². The fourth-order valence-electron chi connectivity index (χ4n) is 1.38. The molecule has 0 amide bonds. The molecule has 8 heteroatoms. The number of ether oxygens (including phenoxy) is 1. The molecule has 0 saturated carbocycles. The Hall–Kier alpha value is -1.43. The summed E-state index contributed by atoms with van der Waals surface area (Å²) in [7, 11) is 0. The van der Waals surface area contributed by atoms with Crippen LogP contribution in [0.2, 0.25) is 15.1 Å². The lowest BCUT2D eigenvalue weighted by molar-refractivity contribution is 0.301. The molecule has 0 saturated heterocycles. The van der Waals surface area contributed by atoms with Gasteiger partial charge in [-0.2, -0.15) is 0 Å². The van der Waals surface area contributed by atoms with E-state index < -0.39 is 11.2 Å². The molecule has 19 heavy (non-hydrogen) atoms. The zero-order chi connectivity index (χ0) is 14.0. The average molecular weight is 322 g/mol. The first kappa shape index (κ1) is 14.0. The average Bonchev–Trinajstić information content (AvgIpc) is 2.34. The van der Waals surface area contributed by atoms with Crippen LogP contribution in [-0.4, -0.2) is 9.97 Å². The summed E-state index contributed by atoms with van der Waals surface area (Å²) in [5.74, 6) is 0.253. The highest BCUT2D eigenvalue weighted by atomic mass is 35.5. The zero-order valence-corrected chi connectivity index (χ0v) is 11.6. The van der Waals surface area contributed by atoms with Gasteiger partial charge in [0.1, 0.15) is 11.6 Å². The minimum absolute atomic E-state index is 0.137. The third-order valence-corrected chi connectivity index (χ3v) is 3.23. The van der Waals surface area contributed by atoms with Crippen molar-refractivity contribution in [3.63, 3.8) is 0 Å². The number of H-pyrrole nitrogens is 2. The van der Waals surface area contributed by atoms with E-state index in [2.05, 4.69) is 4.98 Å². The van der Waals surface area contributed by atoms with Crippen LogP contribution in [0.5, 0.6) is 5.75 Å². The van der Waals surface area contributed by atoms with Gasteiger partial charge in [0, 0.05) is 0 Å². The highest BCUT2D eigenvalue weighted by molar-refractivity contribution is 6.37. The third-order valence-electron chi connectivity index (χ3n) is 2.24. The van der Waals surface area contributed by atoms with Crippen molar-refractivity contribution in [2.24, 2.45) is 0 Å². The second-order valence-electron chi connectivity index (χ2n) is 3.54. The Morgan fingerprint density at radius 2 is 1.68 bits per heavy atom. The van der Waals surface area contributed by atoms with E-state index in [4.69, 9.17) is 39.5 Å². The lowest BCUT2D eigenvalue weighted by Gasteiger charge is -2.10.